The Labute approximate surface area is 609 Å². The van der Waals surface area contributed by atoms with E-state index in [1.807, 2.05) is 0 Å². The van der Waals surface area contributed by atoms with Crippen LogP contribution in [-0.2, 0) is 61.8 Å². The van der Waals surface area contributed by atoms with Crippen molar-refractivity contribution in [1.29, 1.82) is 0 Å². The van der Waals surface area contributed by atoms with Gasteiger partial charge in [0.2, 0.25) is 0 Å². The van der Waals surface area contributed by atoms with Gasteiger partial charge in [-0.2, -0.15) is 132 Å². The van der Waals surface area contributed by atoms with E-state index in [0.717, 1.165) is 43.7 Å². The number of rotatable bonds is 3. The van der Waals surface area contributed by atoms with Crippen LogP contribution in [0.3, 0.4) is 0 Å². The lowest BCUT2D eigenvalue weighted by atomic mass is 9.97. The molecule has 0 saturated heterocycles. The second kappa shape index (κ2) is 37.3. The first-order chi connectivity index (χ1) is 48.1. The molecular formula is C75H78F30Si3. The lowest BCUT2D eigenvalue weighted by Crippen LogP contribution is -2.39. The smallest absolute Gasteiger partial charge is 0.166 e. The Bertz CT molecular complexity index is 3950. The van der Waals surface area contributed by atoms with E-state index in [4.69, 9.17) is 0 Å². The van der Waals surface area contributed by atoms with E-state index in [9.17, 15) is 132 Å². The van der Waals surface area contributed by atoms with E-state index in [1.54, 1.807) is 22.5 Å². The molecule has 0 atom stereocenters. The summed E-state index contributed by atoms with van der Waals surface area (Å²) in [5.41, 5.74) is -11.5. The van der Waals surface area contributed by atoms with Gasteiger partial charge in [0.25, 0.3) is 0 Å². The summed E-state index contributed by atoms with van der Waals surface area (Å²) in [4.78, 5) is 0. The average Bonchev–Trinajstić information content (AvgIpc) is 0.774. The molecule has 108 heavy (non-hydrogen) atoms. The molecule has 0 aliphatic rings. The van der Waals surface area contributed by atoms with Crippen LogP contribution in [0.5, 0.6) is 0 Å². The van der Waals surface area contributed by atoms with Gasteiger partial charge in [0, 0.05) is 0 Å². The van der Waals surface area contributed by atoms with Crippen molar-refractivity contribution in [2.24, 2.45) is 0 Å². The van der Waals surface area contributed by atoms with Gasteiger partial charge in [-0.1, -0.05) is 194 Å². The zero-order valence-corrected chi connectivity index (χ0v) is 63.9. The first-order valence-electron chi connectivity index (χ1n) is 31.6. The molecule has 0 aliphatic carbocycles. The van der Waals surface area contributed by atoms with Gasteiger partial charge in [-0.25, -0.2) is 0 Å². The van der Waals surface area contributed by atoms with Gasteiger partial charge in [-0.15, -0.1) is 0 Å². The molecule has 0 N–H and O–H groups in total. The van der Waals surface area contributed by atoms with Crippen LogP contribution in [0.1, 0.15) is 100 Å². The summed E-state index contributed by atoms with van der Waals surface area (Å²) < 4.78 is 367. The van der Waals surface area contributed by atoms with E-state index in [2.05, 4.69) is 152 Å². The highest BCUT2D eigenvalue weighted by Crippen LogP contribution is 2.45. The highest BCUT2D eigenvalue weighted by atomic mass is 28.3. The fourth-order valence-corrected chi connectivity index (χ4v) is 13.5. The Balaban J connectivity index is 0.000000622. The van der Waals surface area contributed by atoms with Crippen molar-refractivity contribution in [3.63, 3.8) is 0 Å². The maximum atomic E-state index is 12.5. The number of halogens is 30. The molecule has 0 amide bonds. The van der Waals surface area contributed by atoms with Crippen molar-refractivity contribution in [3.05, 3.63) is 264 Å². The Morgan fingerprint density at radius 1 is 0.194 bits per heavy atom. The lowest BCUT2D eigenvalue weighted by Gasteiger charge is -2.19. The fraction of sp³-hybridized carbons (Fsp3) is 0.360. The van der Waals surface area contributed by atoms with Gasteiger partial charge >= 0.3 is 61.8 Å². The zero-order valence-electron chi connectivity index (χ0n) is 60.9. The quantitative estimate of drug-likeness (QED) is 0.122. The van der Waals surface area contributed by atoms with E-state index in [1.165, 1.54) is 35.7 Å². The lowest BCUT2D eigenvalue weighted by molar-refractivity contribution is -0.150. The summed E-state index contributed by atoms with van der Waals surface area (Å²) in [5, 5.41) is 4.68. The minimum Gasteiger partial charge on any atom is -0.166 e. The van der Waals surface area contributed by atoms with Crippen molar-refractivity contribution in [3.8, 4) is 0 Å². The molecule has 0 fully saturated rings. The largest absolute Gasteiger partial charge is 0.416 e. The first kappa shape index (κ1) is 98.3. The molecule has 0 aliphatic heterocycles. The SMILES string of the molecule is Cc1c(C(F)(F)F)cc(C(F)(F)F)cc1C(F)(F)F.Cc1c(C(F)(F)F)cccc1C(F)(F)F.Cc1cc(C(F)(F)F)cc(C(F)(F)F)c1.Cc1ccc(C(F)(F)F)cc1.Cc1ccc(C(F)(F)F)cc1C(F)(F)F.Cc1ccc([Si](C)(C)C)cc1.Cc1cccc([Si](C)(C)C)c1.Cc1ccccc1[Si](C)(C)C. The Morgan fingerprint density at radius 3 is 0.815 bits per heavy atom. The predicted molar refractivity (Wildman–Crippen MR) is 368 cm³/mol. The molecule has 8 aromatic rings. The van der Waals surface area contributed by atoms with Crippen LogP contribution in [0, 0.1) is 55.4 Å². The van der Waals surface area contributed by atoms with Crippen molar-refractivity contribution in [2.75, 3.05) is 0 Å². The summed E-state index contributed by atoms with van der Waals surface area (Å²) in [5.74, 6) is 0. The summed E-state index contributed by atoms with van der Waals surface area (Å²) in [6.07, 6.45) is -48.7. The maximum Gasteiger partial charge on any atom is 0.416 e. The molecule has 0 aromatic heterocycles. The van der Waals surface area contributed by atoms with E-state index in [-0.39, 0.29) is 35.4 Å². The van der Waals surface area contributed by atoms with Crippen LogP contribution in [0.25, 0.3) is 0 Å². The molecule has 8 rings (SSSR count). The topological polar surface area (TPSA) is 0 Å². The second-order valence-electron chi connectivity index (χ2n) is 27.4. The van der Waals surface area contributed by atoms with Crippen molar-refractivity contribution >= 4 is 39.8 Å². The van der Waals surface area contributed by atoms with Gasteiger partial charge in [-0.3, -0.25) is 0 Å². The Morgan fingerprint density at radius 2 is 0.509 bits per heavy atom. The minimum atomic E-state index is -5.30. The number of hydrogen-bond acceptors (Lipinski definition) is 0. The predicted octanol–water partition coefficient (Wildman–Crippen LogP) is 27.8. The summed E-state index contributed by atoms with van der Waals surface area (Å²) in [6, 6.07) is 35.9. The Hall–Kier alpha value is -7.69. The van der Waals surface area contributed by atoms with Gasteiger partial charge < -0.3 is 0 Å². The van der Waals surface area contributed by atoms with E-state index >= 15 is 0 Å². The molecule has 0 nitrogen and oxygen atoms in total. The first-order valence-corrected chi connectivity index (χ1v) is 42.1. The van der Waals surface area contributed by atoms with Crippen LogP contribution in [0.15, 0.2) is 164 Å². The molecule has 600 valence electrons. The molecule has 0 spiro atoms. The monoisotopic (exact) mass is 1630 g/mol. The molecule has 0 unspecified atom stereocenters. The van der Waals surface area contributed by atoms with Crippen LogP contribution in [0.4, 0.5) is 132 Å². The van der Waals surface area contributed by atoms with Gasteiger partial charge in [0.1, 0.15) is 0 Å². The van der Waals surface area contributed by atoms with Gasteiger partial charge in [0.15, 0.2) is 0 Å². The molecule has 0 bridgehead atoms. The number of aryl methyl sites for hydroxylation is 6. The molecular weight excluding hydrogens is 1560 g/mol. The average molecular weight is 1630 g/mol. The molecule has 0 radical (unpaired) electrons. The van der Waals surface area contributed by atoms with Gasteiger partial charge in [-0.05, 0) is 144 Å². The zero-order chi connectivity index (χ0) is 84.7. The maximum absolute atomic E-state index is 12.5. The summed E-state index contributed by atoms with van der Waals surface area (Å²) >= 11 is 0. The standard InChI is InChI=1S/C10H5F9.3C10H16Si.3C9H6F6.C8H7F3/c1-4-6(9(14,15)16)2-5(8(11,12)13)3-7(4)10(17,18)19;1-9-5-7-10(8-6-9)11(2,3)4;1-9-6-5-7-10(8-9)11(2,3)4;1-9-7-5-6-8-10(9)11(2,3)4;1-5-2-6(8(10,11)12)4-7(3-5)9(13,14)15;1-5-2-3-6(8(10,11)12)4-7(5)9(13,14)15;1-5-6(8(10,11)12)3-2-4-7(5)9(13,14)15;1-6-2-4-7(5-3-6)8(9,10)11/h2-3H,1H3;3*5-8H,1-4H3;3*2-4H,1H3;2-5H,1H3. The highest BCUT2D eigenvalue weighted by molar-refractivity contribution is 6.89. The molecule has 33 heteroatoms. The van der Waals surface area contributed by atoms with Gasteiger partial charge in [0.05, 0.1) is 79.9 Å². The van der Waals surface area contributed by atoms with Crippen molar-refractivity contribution in [1.82, 2.24) is 0 Å². The van der Waals surface area contributed by atoms with Crippen LogP contribution in [0.2, 0.25) is 58.9 Å². The molecule has 8 aromatic carbocycles. The van der Waals surface area contributed by atoms with Crippen LogP contribution < -0.4 is 15.6 Å². The number of hydrogen-bond donors (Lipinski definition) is 0. The van der Waals surface area contributed by atoms with E-state index in [0.29, 0.717) is 37.3 Å². The third-order valence-electron chi connectivity index (χ3n) is 15.0. The number of alkyl halides is 30. The third kappa shape index (κ3) is 33.7. The van der Waals surface area contributed by atoms with Crippen LogP contribution in [-0.4, -0.2) is 24.2 Å². The highest BCUT2D eigenvalue weighted by Gasteiger charge is 2.45. The van der Waals surface area contributed by atoms with E-state index < -0.39 is 153 Å². The van der Waals surface area contributed by atoms with Crippen molar-refractivity contribution < 1.29 is 132 Å². The number of benzene rings is 8. The summed E-state index contributed by atoms with van der Waals surface area (Å²) in [7, 11) is -3.20. The normalized spacial score (nSPS) is 12.6. The Kier molecular flexibility index (Phi) is 34.0. The van der Waals surface area contributed by atoms with Crippen molar-refractivity contribution in [2.45, 2.75) is 176 Å². The second-order valence-corrected chi connectivity index (χ2v) is 42.6. The third-order valence-corrected chi connectivity index (χ3v) is 21.3. The molecule has 0 saturated carbocycles. The minimum absolute atomic E-state index is 0.0721. The fourth-order valence-electron chi connectivity index (χ4n) is 9.25. The van der Waals surface area contributed by atoms with Crippen LogP contribution >= 0.6 is 0 Å². The summed E-state index contributed by atoms with van der Waals surface area (Å²) in [6.45, 7) is 33.2. The molecule has 0 heterocycles.